The molecule has 0 aliphatic rings. The number of carbonyl (C=O) groups is 1. The molecule has 0 atom stereocenters. The minimum Gasteiger partial charge on any atom is -0.545 e. The van der Waals surface area contributed by atoms with Crippen LogP contribution in [0.2, 0.25) is 0 Å². The first-order valence-electron chi connectivity index (χ1n) is 10.6. The van der Waals surface area contributed by atoms with Crippen LogP contribution < -0.4 is 5.11 Å². The van der Waals surface area contributed by atoms with Gasteiger partial charge in [0.25, 0.3) is 0 Å². The van der Waals surface area contributed by atoms with E-state index in [1.54, 1.807) is 12.1 Å². The highest BCUT2D eigenvalue weighted by atomic mass is 31.2. The predicted octanol–water partition coefficient (Wildman–Crippen LogP) is 5.29. The molecule has 30 heavy (non-hydrogen) atoms. The number of benzene rings is 1. The molecule has 1 heterocycles. The molecule has 0 aliphatic carbocycles. The zero-order valence-electron chi connectivity index (χ0n) is 18.1. The third-order valence-corrected chi connectivity index (χ3v) is 9.86. The van der Waals surface area contributed by atoms with Gasteiger partial charge in [-0.1, -0.05) is 52.2 Å². The van der Waals surface area contributed by atoms with Crippen molar-refractivity contribution in [1.29, 1.82) is 0 Å². The van der Waals surface area contributed by atoms with Crippen molar-refractivity contribution < 1.29 is 23.1 Å². The first kappa shape index (κ1) is 26.3. The maximum absolute atomic E-state index is 12.9. The molecule has 1 N–H and O–H groups in total. The Balaban J connectivity index is 0.000000321. The number of nitrogens with one attached hydrogen (secondary N) is 1. The first-order chi connectivity index (χ1) is 14.2. The molecule has 5 nitrogen and oxygen atoms in total. The third kappa shape index (κ3) is 8.99. The number of hydrogen-bond acceptors (Lipinski definition) is 4. The van der Waals surface area contributed by atoms with Gasteiger partial charge in [0, 0.05) is 12.8 Å². The number of aromatic carboxylic acids is 1. The molecule has 0 fully saturated rings. The number of aromatic amines is 1. The Labute approximate surface area is 177 Å². The summed E-state index contributed by atoms with van der Waals surface area (Å²) in [6.07, 6.45) is 4.05. The van der Waals surface area contributed by atoms with Crippen molar-refractivity contribution in [1.82, 2.24) is 15.4 Å². The van der Waals surface area contributed by atoms with Gasteiger partial charge in [-0.25, -0.2) is 0 Å². The second-order valence-electron chi connectivity index (χ2n) is 7.63. The number of rotatable bonds is 11. The topological polar surface area (TPSA) is 81.7 Å². The Morgan fingerprint density at radius 2 is 1.53 bits per heavy atom. The Morgan fingerprint density at radius 1 is 1.00 bits per heavy atom. The van der Waals surface area contributed by atoms with Crippen LogP contribution in [-0.4, -0.2) is 52.2 Å². The van der Waals surface area contributed by atoms with Crippen LogP contribution in [0.1, 0.15) is 69.7 Å². The number of H-pyrrole nitrogens is 1. The van der Waals surface area contributed by atoms with Crippen molar-refractivity contribution >= 4 is 24.3 Å². The molecule has 1 aromatic heterocycles. The average molecular weight is 447 g/mol. The lowest BCUT2D eigenvalue weighted by Crippen LogP contribution is -2.23. The zero-order valence-corrected chi connectivity index (χ0v) is 19.0. The molecule has 0 aliphatic heterocycles. The summed E-state index contributed by atoms with van der Waals surface area (Å²) >= 11 is 0. The molecule has 9 heteroatoms. The fourth-order valence-electron chi connectivity index (χ4n) is 3.47. The minimum absolute atomic E-state index is 0.0567. The molecule has 2 aromatic rings. The monoisotopic (exact) mass is 447 g/mol. The second-order valence-corrected chi connectivity index (χ2v) is 12.0. The van der Waals surface area contributed by atoms with Gasteiger partial charge in [-0.2, -0.15) is 28.6 Å². The van der Waals surface area contributed by atoms with E-state index in [9.17, 15) is 23.1 Å². The summed E-state index contributed by atoms with van der Waals surface area (Å²) < 4.78 is 38.6. The Morgan fingerprint density at radius 3 is 1.97 bits per heavy atom. The van der Waals surface area contributed by atoms with Gasteiger partial charge in [-0.3, -0.25) is 0 Å². The number of alkyl halides is 3. The van der Waals surface area contributed by atoms with Gasteiger partial charge in [-0.05, 0) is 25.3 Å². The Bertz CT molecular complexity index is 744. The quantitative estimate of drug-likeness (QED) is 0.475. The molecule has 1 aromatic carbocycles. The van der Waals surface area contributed by atoms with E-state index in [-0.39, 0.29) is 5.56 Å². The van der Waals surface area contributed by atoms with Crippen LogP contribution in [0.15, 0.2) is 18.2 Å². The van der Waals surface area contributed by atoms with E-state index < -0.39 is 25.6 Å². The zero-order chi connectivity index (χ0) is 22.6. The number of carboxylic acids is 1. The molecular weight excluding hydrogens is 414 g/mol. The van der Waals surface area contributed by atoms with Crippen LogP contribution in [0.4, 0.5) is 13.2 Å². The average Bonchev–Trinajstić information content (AvgIpc) is 3.17. The van der Waals surface area contributed by atoms with E-state index in [0.29, 0.717) is 11.0 Å². The SMILES string of the molecule is CCCC[P+](CCCC)(CCCC)CC(F)(F)F.O=C([O-])c1cccc2n[nH]nc12. The third-order valence-electron chi connectivity index (χ3n) is 5.04. The van der Waals surface area contributed by atoms with Gasteiger partial charge in [0.15, 0.2) is 6.16 Å². The van der Waals surface area contributed by atoms with E-state index in [1.807, 2.05) is 0 Å². The van der Waals surface area contributed by atoms with Crippen LogP contribution in [-0.2, 0) is 0 Å². The highest BCUT2D eigenvalue weighted by molar-refractivity contribution is 7.75. The molecule has 0 radical (unpaired) electrons. The lowest BCUT2D eigenvalue weighted by Gasteiger charge is -2.28. The molecule has 0 bridgehead atoms. The van der Waals surface area contributed by atoms with Gasteiger partial charge in [0.1, 0.15) is 11.0 Å². The number of carbonyl (C=O) groups excluding carboxylic acids is 1. The lowest BCUT2D eigenvalue weighted by molar-refractivity contribution is -0.254. The van der Waals surface area contributed by atoms with Crippen LogP contribution in [0.5, 0.6) is 0 Å². The maximum atomic E-state index is 12.9. The van der Waals surface area contributed by atoms with Crippen molar-refractivity contribution in [2.24, 2.45) is 0 Å². The number of aromatic nitrogens is 3. The van der Waals surface area contributed by atoms with E-state index in [4.69, 9.17) is 0 Å². The second kappa shape index (κ2) is 12.9. The largest absolute Gasteiger partial charge is 0.545 e. The molecule has 2 rings (SSSR count). The number of unbranched alkanes of at least 4 members (excludes halogenated alkanes) is 3. The van der Waals surface area contributed by atoms with Gasteiger partial charge < -0.3 is 9.90 Å². The molecule has 170 valence electrons. The number of halogens is 3. The summed E-state index contributed by atoms with van der Waals surface area (Å²) in [6, 6.07) is 4.70. The molecule has 0 unspecified atom stereocenters. The normalized spacial score (nSPS) is 11.9. The standard InChI is InChI=1S/C14H29F3P.C7H5N3O2/c1-4-7-10-18(11-8-5-2,12-9-6-3)13-14(15,16)17;11-7(12)4-2-1-3-5-6(4)9-10-8-5/h4-13H2,1-3H3;1-3H,(H,11,12)(H,8,9,10)/q+1;/p-1. The van der Waals surface area contributed by atoms with Crippen LogP contribution in [0.3, 0.4) is 0 Å². The summed E-state index contributed by atoms with van der Waals surface area (Å²) in [4.78, 5) is 10.5. The fraction of sp³-hybridized carbons (Fsp3) is 0.667. The number of para-hydroxylation sites is 1. The van der Waals surface area contributed by atoms with Gasteiger partial charge in [0.2, 0.25) is 0 Å². The van der Waals surface area contributed by atoms with Crippen molar-refractivity contribution in [2.45, 2.75) is 65.5 Å². The molecule has 0 amide bonds. The number of nitrogens with zero attached hydrogens (tertiary/aromatic N) is 2. The van der Waals surface area contributed by atoms with Crippen molar-refractivity contribution in [3.63, 3.8) is 0 Å². The van der Waals surface area contributed by atoms with E-state index in [0.717, 1.165) is 57.0 Å². The summed E-state index contributed by atoms with van der Waals surface area (Å²) in [5.41, 5.74) is 0.912. The van der Waals surface area contributed by atoms with Crippen LogP contribution in [0, 0.1) is 0 Å². The van der Waals surface area contributed by atoms with Gasteiger partial charge in [-0.15, -0.1) is 0 Å². The fourth-order valence-corrected chi connectivity index (χ4v) is 8.33. The summed E-state index contributed by atoms with van der Waals surface area (Å²) in [5, 5.41) is 20.3. The maximum Gasteiger partial charge on any atom is 0.422 e. The van der Waals surface area contributed by atoms with E-state index in [2.05, 4.69) is 36.2 Å². The van der Waals surface area contributed by atoms with Gasteiger partial charge in [0.05, 0.1) is 24.5 Å². The molecule has 0 saturated carbocycles. The van der Waals surface area contributed by atoms with Gasteiger partial charge >= 0.3 is 6.18 Å². The number of hydrogen-bond donors (Lipinski definition) is 1. The highest BCUT2D eigenvalue weighted by Crippen LogP contribution is 2.63. The first-order valence-corrected chi connectivity index (χ1v) is 13.1. The summed E-state index contributed by atoms with van der Waals surface area (Å²) in [6.45, 7) is 6.21. The Hall–Kier alpha value is -1.69. The van der Waals surface area contributed by atoms with Crippen molar-refractivity contribution in [2.75, 3.05) is 24.6 Å². The minimum atomic E-state index is -3.97. The van der Waals surface area contributed by atoms with Crippen molar-refractivity contribution in [3.8, 4) is 0 Å². The summed E-state index contributed by atoms with van der Waals surface area (Å²) in [5.74, 6) is -1.24. The Kier molecular flexibility index (Phi) is 11.3. The number of carboxylic acid groups (broad SMARTS) is 1. The molecule has 0 saturated heterocycles. The van der Waals surface area contributed by atoms with E-state index >= 15 is 0 Å². The van der Waals surface area contributed by atoms with Crippen LogP contribution >= 0.6 is 7.26 Å². The summed E-state index contributed by atoms with van der Waals surface area (Å²) in [7, 11) is -1.79. The van der Waals surface area contributed by atoms with Crippen LogP contribution in [0.25, 0.3) is 11.0 Å². The van der Waals surface area contributed by atoms with E-state index in [1.165, 1.54) is 6.07 Å². The lowest BCUT2D eigenvalue weighted by atomic mass is 10.2. The molecular formula is C21H33F3N3O2P. The molecule has 0 spiro atoms. The van der Waals surface area contributed by atoms with Crippen molar-refractivity contribution in [3.05, 3.63) is 23.8 Å². The predicted molar refractivity (Wildman–Crippen MR) is 115 cm³/mol. The highest BCUT2D eigenvalue weighted by Gasteiger charge is 2.46. The smallest absolute Gasteiger partial charge is 0.422 e. The number of fused-ring (bicyclic) bond motifs is 1.